The van der Waals surface area contributed by atoms with Gasteiger partial charge in [0.05, 0.1) is 23.5 Å². The first-order chi connectivity index (χ1) is 13.4. The molecular weight excluding hydrogens is 358 g/mol. The third-order valence-corrected chi connectivity index (χ3v) is 5.13. The Kier molecular flexibility index (Phi) is 5.64. The molecule has 0 aliphatic carbocycles. The van der Waals surface area contributed by atoms with Gasteiger partial charge in [-0.05, 0) is 42.0 Å². The number of aromatic nitrogens is 3. The van der Waals surface area contributed by atoms with E-state index < -0.39 is 0 Å². The van der Waals surface area contributed by atoms with Crippen molar-refractivity contribution in [1.82, 2.24) is 14.5 Å². The van der Waals surface area contributed by atoms with E-state index in [9.17, 15) is 0 Å². The smallest absolute Gasteiger partial charge is 0.236 e. The van der Waals surface area contributed by atoms with E-state index in [-0.39, 0.29) is 0 Å². The number of ether oxygens (including phenoxy) is 1. The molecule has 0 saturated carbocycles. The highest BCUT2D eigenvalue weighted by molar-refractivity contribution is 7.13. The number of rotatable bonds is 9. The molecule has 0 unspecified atom stereocenters. The normalized spacial score (nSPS) is 11.0. The minimum absolute atomic E-state index is 0.580. The van der Waals surface area contributed by atoms with Gasteiger partial charge in [-0.15, -0.1) is 11.3 Å². The Bertz CT molecular complexity index is 928. The highest BCUT2D eigenvalue weighted by Gasteiger charge is 2.07. The van der Waals surface area contributed by atoms with Crippen molar-refractivity contribution >= 4 is 11.3 Å². The van der Waals surface area contributed by atoms with Gasteiger partial charge in [0, 0.05) is 25.4 Å². The molecule has 5 nitrogen and oxygen atoms in total. The monoisotopic (exact) mass is 379 g/mol. The molecule has 3 aromatic heterocycles. The lowest BCUT2D eigenvalue weighted by Crippen LogP contribution is -2.02. The number of hydrogen-bond acceptors (Lipinski definition) is 5. The van der Waals surface area contributed by atoms with Gasteiger partial charge in [-0.3, -0.25) is 0 Å². The van der Waals surface area contributed by atoms with Crippen LogP contribution in [0.25, 0.3) is 10.8 Å². The first kappa shape index (κ1) is 17.5. The lowest BCUT2D eigenvalue weighted by molar-refractivity contribution is 0.320. The maximum atomic E-state index is 5.84. The summed E-state index contributed by atoms with van der Waals surface area (Å²) in [6, 6.07) is 12.3. The van der Waals surface area contributed by atoms with E-state index in [1.54, 1.807) is 17.6 Å². The van der Waals surface area contributed by atoms with Crippen LogP contribution in [0.15, 0.2) is 71.2 Å². The van der Waals surface area contributed by atoms with Gasteiger partial charge in [-0.2, -0.15) is 0 Å². The maximum Gasteiger partial charge on any atom is 0.236 e. The van der Waals surface area contributed by atoms with E-state index in [1.807, 2.05) is 48.4 Å². The zero-order valence-corrected chi connectivity index (χ0v) is 15.8. The lowest BCUT2D eigenvalue weighted by Gasteiger charge is -2.07. The molecule has 1 aromatic carbocycles. The zero-order valence-electron chi connectivity index (χ0n) is 15.0. The predicted octanol–water partition coefficient (Wildman–Crippen LogP) is 4.85. The highest BCUT2D eigenvalue weighted by Crippen LogP contribution is 2.23. The van der Waals surface area contributed by atoms with Gasteiger partial charge in [-0.1, -0.05) is 18.2 Å². The SMILES string of the molecule is c1csc(-c2nc(CCOc3ccc(CCCn4ccnc4)cc3)co2)c1. The minimum atomic E-state index is 0.580. The van der Waals surface area contributed by atoms with Gasteiger partial charge >= 0.3 is 0 Å². The third kappa shape index (κ3) is 4.86. The first-order valence-corrected chi connectivity index (χ1v) is 9.90. The Hall–Kier alpha value is -2.86. The van der Waals surface area contributed by atoms with Crippen molar-refractivity contribution in [3.63, 3.8) is 0 Å². The van der Waals surface area contributed by atoms with E-state index >= 15 is 0 Å². The number of hydrogen-bond donors (Lipinski definition) is 0. The molecule has 0 amide bonds. The molecular formula is C21H21N3O2S. The van der Waals surface area contributed by atoms with Crippen LogP contribution in [0.1, 0.15) is 17.7 Å². The lowest BCUT2D eigenvalue weighted by atomic mass is 10.1. The second-order valence-electron chi connectivity index (χ2n) is 6.27. The molecule has 0 radical (unpaired) electrons. The van der Waals surface area contributed by atoms with Crippen LogP contribution in [-0.4, -0.2) is 21.1 Å². The summed E-state index contributed by atoms with van der Waals surface area (Å²) >= 11 is 1.62. The summed E-state index contributed by atoms with van der Waals surface area (Å²) in [6.07, 6.45) is 10.2. The number of aryl methyl sites for hydroxylation is 2. The van der Waals surface area contributed by atoms with Crippen LogP contribution < -0.4 is 4.74 Å². The average Bonchev–Trinajstić information content (AvgIpc) is 3.45. The molecule has 3 heterocycles. The number of nitrogens with zero attached hydrogens (tertiary/aromatic N) is 3. The van der Waals surface area contributed by atoms with Crippen molar-refractivity contribution in [2.45, 2.75) is 25.8 Å². The van der Waals surface area contributed by atoms with Crippen LogP contribution in [0.5, 0.6) is 5.75 Å². The summed E-state index contributed by atoms with van der Waals surface area (Å²) in [5.41, 5.74) is 2.23. The van der Waals surface area contributed by atoms with E-state index in [0.29, 0.717) is 12.5 Å². The fourth-order valence-corrected chi connectivity index (χ4v) is 3.50. The van der Waals surface area contributed by atoms with E-state index in [0.717, 1.165) is 42.1 Å². The molecule has 0 N–H and O–H groups in total. The Morgan fingerprint density at radius 3 is 2.81 bits per heavy atom. The van der Waals surface area contributed by atoms with Crippen LogP contribution in [0, 0.1) is 0 Å². The van der Waals surface area contributed by atoms with Crippen molar-refractivity contribution in [2.24, 2.45) is 0 Å². The summed E-state index contributed by atoms with van der Waals surface area (Å²) in [6.45, 7) is 1.57. The van der Waals surface area contributed by atoms with Gasteiger partial charge < -0.3 is 13.7 Å². The second-order valence-corrected chi connectivity index (χ2v) is 7.22. The number of oxazole rings is 1. The molecule has 0 atom stereocenters. The first-order valence-electron chi connectivity index (χ1n) is 9.02. The minimum Gasteiger partial charge on any atom is -0.493 e. The van der Waals surface area contributed by atoms with Crippen molar-refractivity contribution in [1.29, 1.82) is 0 Å². The summed E-state index contributed by atoms with van der Waals surface area (Å²) in [4.78, 5) is 9.62. The van der Waals surface area contributed by atoms with Gasteiger partial charge in [0.25, 0.3) is 0 Å². The summed E-state index contributed by atoms with van der Waals surface area (Å²) in [5, 5.41) is 2.02. The van der Waals surface area contributed by atoms with E-state index in [1.165, 1.54) is 5.56 Å². The number of benzene rings is 1. The molecule has 0 fully saturated rings. The van der Waals surface area contributed by atoms with Crippen molar-refractivity contribution in [3.8, 4) is 16.5 Å². The van der Waals surface area contributed by atoms with Crippen LogP contribution in [0.3, 0.4) is 0 Å². The van der Waals surface area contributed by atoms with Crippen LogP contribution >= 0.6 is 11.3 Å². The molecule has 4 rings (SSSR count). The molecule has 4 aromatic rings. The molecule has 0 aliphatic rings. The largest absolute Gasteiger partial charge is 0.493 e. The molecule has 0 bridgehead atoms. The Labute approximate surface area is 162 Å². The third-order valence-electron chi connectivity index (χ3n) is 4.27. The van der Waals surface area contributed by atoms with Gasteiger partial charge in [0.15, 0.2) is 0 Å². The highest BCUT2D eigenvalue weighted by atomic mass is 32.1. The Morgan fingerprint density at radius 1 is 1.11 bits per heavy atom. The van der Waals surface area contributed by atoms with Crippen LogP contribution in [-0.2, 0) is 19.4 Å². The number of imidazole rings is 1. The zero-order chi connectivity index (χ0) is 18.3. The van der Waals surface area contributed by atoms with E-state index in [2.05, 4.69) is 26.7 Å². The topological polar surface area (TPSA) is 53.1 Å². The van der Waals surface area contributed by atoms with Crippen LogP contribution in [0.2, 0.25) is 0 Å². The molecule has 0 spiro atoms. The van der Waals surface area contributed by atoms with Gasteiger partial charge in [0.2, 0.25) is 5.89 Å². The summed E-state index contributed by atoms with van der Waals surface area (Å²) in [7, 11) is 0. The van der Waals surface area contributed by atoms with Crippen molar-refractivity contribution in [2.75, 3.05) is 6.61 Å². The average molecular weight is 379 g/mol. The van der Waals surface area contributed by atoms with Crippen molar-refractivity contribution < 1.29 is 9.15 Å². The van der Waals surface area contributed by atoms with Gasteiger partial charge in [0.1, 0.15) is 12.0 Å². The quantitative estimate of drug-likeness (QED) is 0.417. The predicted molar refractivity (Wildman–Crippen MR) is 106 cm³/mol. The standard InChI is InChI=1S/C21H21N3O2S/c1(11-24-12-10-22-16-24)3-17-5-7-19(8-6-17)25-13-9-18-15-26-21(23-18)20-4-2-14-27-20/h2,4-8,10,12,14-16H,1,3,9,11,13H2. The molecule has 27 heavy (non-hydrogen) atoms. The maximum absolute atomic E-state index is 5.84. The molecule has 0 aliphatic heterocycles. The van der Waals surface area contributed by atoms with Crippen molar-refractivity contribution in [3.05, 3.63) is 78.0 Å². The second kappa shape index (κ2) is 8.68. The number of thiophene rings is 1. The van der Waals surface area contributed by atoms with Crippen LogP contribution in [0.4, 0.5) is 0 Å². The van der Waals surface area contributed by atoms with Gasteiger partial charge in [-0.25, -0.2) is 9.97 Å². The van der Waals surface area contributed by atoms with E-state index in [4.69, 9.17) is 9.15 Å². The fourth-order valence-electron chi connectivity index (χ4n) is 2.85. The Morgan fingerprint density at radius 2 is 2.04 bits per heavy atom. The molecule has 138 valence electrons. The molecule has 0 saturated heterocycles. The summed E-state index contributed by atoms with van der Waals surface area (Å²) in [5.74, 6) is 1.57. The fraction of sp³-hybridized carbons (Fsp3) is 0.238. The Balaban J connectivity index is 1.21. The summed E-state index contributed by atoms with van der Waals surface area (Å²) < 4.78 is 13.5. The molecule has 6 heteroatoms.